The zero-order valence-corrected chi connectivity index (χ0v) is 17.1. The van der Waals surface area contributed by atoms with Crippen LogP contribution in [0.15, 0.2) is 76.5 Å². The summed E-state index contributed by atoms with van der Waals surface area (Å²) in [5.41, 5.74) is 3.95. The minimum Gasteiger partial charge on any atom is -0.348 e. The summed E-state index contributed by atoms with van der Waals surface area (Å²) in [5.74, 6) is -0.774. The molecule has 30 heavy (non-hydrogen) atoms. The zero-order chi connectivity index (χ0) is 21.1. The van der Waals surface area contributed by atoms with Crippen molar-refractivity contribution in [1.29, 1.82) is 0 Å². The van der Waals surface area contributed by atoms with Gasteiger partial charge in [0.1, 0.15) is 5.82 Å². The van der Waals surface area contributed by atoms with Gasteiger partial charge in [0.2, 0.25) is 0 Å². The second-order valence-corrected chi connectivity index (χ2v) is 8.08. The molecule has 3 aromatic rings. The van der Waals surface area contributed by atoms with Crippen LogP contribution in [0.1, 0.15) is 27.0 Å². The smallest absolute Gasteiger partial charge is 0.262 e. The number of carbonyl (C=O) groups is 2. The van der Waals surface area contributed by atoms with E-state index in [0.717, 1.165) is 21.6 Å². The summed E-state index contributed by atoms with van der Waals surface area (Å²) in [4.78, 5) is 26.5. The number of halogens is 1. The third kappa shape index (κ3) is 4.60. The van der Waals surface area contributed by atoms with Crippen LogP contribution in [0.2, 0.25) is 0 Å². The third-order valence-electron chi connectivity index (χ3n) is 4.64. The van der Waals surface area contributed by atoms with Gasteiger partial charge in [-0.15, -0.1) is 0 Å². The fourth-order valence-electron chi connectivity index (χ4n) is 3.10. The Morgan fingerprint density at radius 3 is 2.67 bits per heavy atom. The molecule has 6 heteroatoms. The number of thioether (sulfide) groups is 1. The van der Waals surface area contributed by atoms with Crippen molar-refractivity contribution in [1.82, 2.24) is 5.32 Å². The quantitative estimate of drug-likeness (QED) is 0.576. The summed E-state index contributed by atoms with van der Waals surface area (Å²) >= 11 is 1.38. The SMILES string of the molecule is Cc1cccc(/C=C2/Sc3ccc(C(=O)NCc4ccc(F)cc4)cc3NC2=O)c1. The van der Waals surface area contributed by atoms with Gasteiger partial charge in [-0.1, -0.05) is 53.7 Å². The van der Waals surface area contributed by atoms with Gasteiger partial charge in [-0.05, 0) is 54.5 Å². The number of hydrogen-bond acceptors (Lipinski definition) is 3. The van der Waals surface area contributed by atoms with Gasteiger partial charge in [-0.2, -0.15) is 0 Å². The molecule has 1 heterocycles. The minimum absolute atomic E-state index is 0.196. The number of benzene rings is 3. The van der Waals surface area contributed by atoms with Crippen molar-refractivity contribution in [2.45, 2.75) is 18.4 Å². The van der Waals surface area contributed by atoms with Crippen LogP contribution in [-0.4, -0.2) is 11.8 Å². The Bertz CT molecular complexity index is 1160. The van der Waals surface area contributed by atoms with Gasteiger partial charge in [0.05, 0.1) is 10.6 Å². The van der Waals surface area contributed by atoms with Crippen molar-refractivity contribution in [2.24, 2.45) is 0 Å². The zero-order valence-electron chi connectivity index (χ0n) is 16.2. The average molecular weight is 418 g/mol. The summed E-state index contributed by atoms with van der Waals surface area (Å²) in [6, 6.07) is 19.1. The molecule has 0 radical (unpaired) electrons. The lowest BCUT2D eigenvalue weighted by atomic mass is 10.1. The summed E-state index contributed by atoms with van der Waals surface area (Å²) in [6.07, 6.45) is 1.86. The molecule has 0 aromatic heterocycles. The van der Waals surface area contributed by atoms with E-state index in [1.165, 1.54) is 23.9 Å². The van der Waals surface area contributed by atoms with E-state index in [-0.39, 0.29) is 17.6 Å². The van der Waals surface area contributed by atoms with Gasteiger partial charge in [0.15, 0.2) is 0 Å². The Hall–Kier alpha value is -3.38. The van der Waals surface area contributed by atoms with Crippen LogP contribution in [0.25, 0.3) is 6.08 Å². The molecule has 0 unspecified atom stereocenters. The summed E-state index contributed by atoms with van der Waals surface area (Å²) in [6.45, 7) is 2.30. The standard InChI is InChI=1S/C24H19FN2O2S/c1-15-3-2-4-17(11-15)12-22-24(29)27-20-13-18(7-10-21(20)30-22)23(28)26-14-16-5-8-19(25)9-6-16/h2-13H,14H2,1H3,(H,26,28)(H,27,29)/b22-12+. The lowest BCUT2D eigenvalue weighted by Gasteiger charge is -2.19. The minimum atomic E-state index is -0.316. The van der Waals surface area contributed by atoms with E-state index < -0.39 is 0 Å². The highest BCUT2D eigenvalue weighted by Gasteiger charge is 2.22. The van der Waals surface area contributed by atoms with Gasteiger partial charge in [-0.25, -0.2) is 4.39 Å². The fourth-order valence-corrected chi connectivity index (χ4v) is 4.03. The van der Waals surface area contributed by atoms with Crippen molar-refractivity contribution in [3.8, 4) is 0 Å². The maximum Gasteiger partial charge on any atom is 0.262 e. The lowest BCUT2D eigenvalue weighted by molar-refractivity contribution is -0.112. The Morgan fingerprint density at radius 2 is 1.90 bits per heavy atom. The fraction of sp³-hybridized carbons (Fsp3) is 0.0833. The molecule has 1 aliphatic rings. The predicted molar refractivity (Wildman–Crippen MR) is 118 cm³/mol. The van der Waals surface area contributed by atoms with Crippen LogP contribution in [0, 0.1) is 12.7 Å². The van der Waals surface area contributed by atoms with E-state index in [1.54, 1.807) is 24.3 Å². The maximum atomic E-state index is 13.0. The van der Waals surface area contributed by atoms with Gasteiger partial charge < -0.3 is 10.6 Å². The highest BCUT2D eigenvalue weighted by molar-refractivity contribution is 8.04. The Morgan fingerprint density at radius 1 is 1.10 bits per heavy atom. The first-order valence-electron chi connectivity index (χ1n) is 9.42. The Kier molecular flexibility index (Phi) is 5.68. The molecular formula is C24H19FN2O2S. The van der Waals surface area contributed by atoms with E-state index >= 15 is 0 Å². The van der Waals surface area contributed by atoms with Crippen molar-refractivity contribution >= 4 is 35.3 Å². The molecular weight excluding hydrogens is 399 g/mol. The van der Waals surface area contributed by atoms with Crippen LogP contribution in [0.5, 0.6) is 0 Å². The van der Waals surface area contributed by atoms with Crippen LogP contribution in [0.4, 0.5) is 10.1 Å². The molecule has 0 saturated heterocycles. The van der Waals surface area contributed by atoms with E-state index in [4.69, 9.17) is 0 Å². The number of amides is 2. The highest BCUT2D eigenvalue weighted by Crippen LogP contribution is 2.39. The number of aryl methyl sites for hydroxylation is 1. The molecule has 3 aromatic carbocycles. The van der Waals surface area contributed by atoms with Crippen LogP contribution in [-0.2, 0) is 11.3 Å². The predicted octanol–water partition coefficient (Wildman–Crippen LogP) is 5.15. The molecule has 0 aliphatic carbocycles. The van der Waals surface area contributed by atoms with Crippen LogP contribution < -0.4 is 10.6 Å². The number of rotatable bonds is 4. The Labute approximate surface area is 178 Å². The molecule has 0 fully saturated rings. The highest BCUT2D eigenvalue weighted by atomic mass is 32.2. The van der Waals surface area contributed by atoms with E-state index in [0.29, 0.717) is 22.7 Å². The third-order valence-corrected chi connectivity index (χ3v) is 5.74. The first-order chi connectivity index (χ1) is 14.5. The molecule has 4 rings (SSSR count). The molecule has 2 amide bonds. The Balaban J connectivity index is 1.48. The molecule has 0 spiro atoms. The van der Waals surface area contributed by atoms with Crippen molar-refractivity contribution in [3.63, 3.8) is 0 Å². The average Bonchev–Trinajstić information content (AvgIpc) is 2.73. The van der Waals surface area contributed by atoms with Gasteiger partial charge in [0, 0.05) is 17.0 Å². The molecule has 0 saturated carbocycles. The summed E-state index contributed by atoms with van der Waals surface area (Å²) in [7, 11) is 0. The number of fused-ring (bicyclic) bond motifs is 1. The van der Waals surface area contributed by atoms with E-state index in [9.17, 15) is 14.0 Å². The van der Waals surface area contributed by atoms with Crippen LogP contribution in [0.3, 0.4) is 0 Å². The largest absolute Gasteiger partial charge is 0.348 e. The number of nitrogens with one attached hydrogen (secondary N) is 2. The maximum absolute atomic E-state index is 13.0. The second-order valence-electron chi connectivity index (χ2n) is 7.00. The summed E-state index contributed by atoms with van der Waals surface area (Å²) in [5, 5.41) is 5.68. The van der Waals surface area contributed by atoms with E-state index in [2.05, 4.69) is 10.6 Å². The molecule has 150 valence electrons. The number of anilines is 1. The first-order valence-corrected chi connectivity index (χ1v) is 10.2. The second kappa shape index (κ2) is 8.55. The molecule has 4 nitrogen and oxygen atoms in total. The molecule has 2 N–H and O–H groups in total. The lowest BCUT2D eigenvalue weighted by Crippen LogP contribution is -2.23. The molecule has 0 atom stereocenters. The van der Waals surface area contributed by atoms with Gasteiger partial charge in [0.25, 0.3) is 11.8 Å². The topological polar surface area (TPSA) is 58.2 Å². The van der Waals surface area contributed by atoms with Crippen molar-refractivity contribution < 1.29 is 14.0 Å². The number of hydrogen-bond donors (Lipinski definition) is 2. The van der Waals surface area contributed by atoms with Crippen molar-refractivity contribution in [3.05, 3.63) is 99.7 Å². The van der Waals surface area contributed by atoms with E-state index in [1.807, 2.05) is 43.3 Å². The van der Waals surface area contributed by atoms with Gasteiger partial charge >= 0.3 is 0 Å². The number of carbonyl (C=O) groups excluding carboxylic acids is 2. The molecule has 0 bridgehead atoms. The molecule has 1 aliphatic heterocycles. The monoisotopic (exact) mass is 418 g/mol. The van der Waals surface area contributed by atoms with Gasteiger partial charge in [-0.3, -0.25) is 9.59 Å². The summed E-state index contributed by atoms with van der Waals surface area (Å²) < 4.78 is 13.0. The first kappa shape index (κ1) is 19.9. The van der Waals surface area contributed by atoms with Crippen LogP contribution >= 0.6 is 11.8 Å². The normalized spacial score (nSPS) is 14.2. The van der Waals surface area contributed by atoms with Crippen molar-refractivity contribution in [2.75, 3.05) is 5.32 Å².